The average Bonchev–Trinajstić information content (AvgIpc) is 2.99. The lowest BCUT2D eigenvalue weighted by molar-refractivity contribution is -0.114. The monoisotopic (exact) mass is 351 g/mol. The van der Waals surface area contributed by atoms with Gasteiger partial charge in [-0.25, -0.2) is 8.78 Å². The highest BCUT2D eigenvalue weighted by Crippen LogP contribution is 2.34. The van der Waals surface area contributed by atoms with E-state index in [-0.39, 0.29) is 5.91 Å². The molecule has 0 bridgehead atoms. The summed E-state index contributed by atoms with van der Waals surface area (Å²) in [7, 11) is 0. The van der Waals surface area contributed by atoms with Crippen LogP contribution in [0.3, 0.4) is 0 Å². The molecule has 1 spiro atoms. The molecule has 1 unspecified atom stereocenters. The minimum atomic E-state index is -0.577. The van der Waals surface area contributed by atoms with Gasteiger partial charge in [-0.15, -0.1) is 0 Å². The Labute approximate surface area is 146 Å². The van der Waals surface area contributed by atoms with Gasteiger partial charge in [-0.05, 0) is 31.9 Å². The summed E-state index contributed by atoms with van der Waals surface area (Å²) in [5.41, 5.74) is 0.356. The Morgan fingerprint density at radius 1 is 1.44 bits per heavy atom. The van der Waals surface area contributed by atoms with Crippen LogP contribution in [0, 0.1) is 11.6 Å². The van der Waals surface area contributed by atoms with Crippen molar-refractivity contribution >= 4 is 11.6 Å². The summed E-state index contributed by atoms with van der Waals surface area (Å²) in [4.78, 5) is 19.8. The fourth-order valence-corrected chi connectivity index (χ4v) is 3.42. The van der Waals surface area contributed by atoms with Crippen molar-refractivity contribution in [3.05, 3.63) is 35.4 Å². The maximum Gasteiger partial charge on any atom is 0.269 e. The van der Waals surface area contributed by atoms with Crippen LogP contribution < -0.4 is 5.32 Å². The highest BCUT2D eigenvalue weighted by Gasteiger charge is 2.44. The van der Waals surface area contributed by atoms with Gasteiger partial charge in [-0.1, -0.05) is 18.1 Å². The summed E-state index contributed by atoms with van der Waals surface area (Å²) in [6.07, 6.45) is 3.01. The second-order valence-electron chi connectivity index (χ2n) is 6.79. The van der Waals surface area contributed by atoms with Gasteiger partial charge in [0.15, 0.2) is 5.60 Å². The second kappa shape index (κ2) is 7.47. The van der Waals surface area contributed by atoms with Gasteiger partial charge in [-0.3, -0.25) is 9.69 Å². The van der Waals surface area contributed by atoms with E-state index < -0.39 is 17.2 Å². The Bertz CT molecular complexity index is 680. The molecule has 5 nitrogen and oxygen atoms in total. The van der Waals surface area contributed by atoms with Crippen molar-refractivity contribution in [1.82, 2.24) is 10.2 Å². The Hall–Kier alpha value is -2.02. The summed E-state index contributed by atoms with van der Waals surface area (Å²) in [5, 5.41) is 6.80. The molecule has 3 rings (SSSR count). The molecular weight excluding hydrogens is 328 g/mol. The molecular formula is C18H23F2N3O2. The van der Waals surface area contributed by atoms with Crippen LogP contribution in [0.4, 0.5) is 8.78 Å². The van der Waals surface area contributed by atoms with Gasteiger partial charge in [-0.2, -0.15) is 0 Å². The lowest BCUT2D eigenvalue weighted by Crippen LogP contribution is -2.48. The van der Waals surface area contributed by atoms with Crippen molar-refractivity contribution in [3.63, 3.8) is 0 Å². The summed E-state index contributed by atoms with van der Waals surface area (Å²) < 4.78 is 26.9. The maximum absolute atomic E-state index is 13.9. The van der Waals surface area contributed by atoms with Crippen LogP contribution in [0.1, 0.15) is 38.2 Å². The Morgan fingerprint density at radius 2 is 2.28 bits per heavy atom. The van der Waals surface area contributed by atoms with E-state index >= 15 is 0 Å². The third kappa shape index (κ3) is 4.15. The van der Waals surface area contributed by atoms with E-state index in [4.69, 9.17) is 4.84 Å². The van der Waals surface area contributed by atoms with Crippen molar-refractivity contribution in [1.29, 1.82) is 0 Å². The molecule has 1 atom stereocenters. The van der Waals surface area contributed by atoms with Crippen LogP contribution in [-0.4, -0.2) is 41.8 Å². The molecule has 136 valence electrons. The van der Waals surface area contributed by atoms with E-state index in [0.717, 1.165) is 31.9 Å². The molecule has 1 aromatic rings. The highest BCUT2D eigenvalue weighted by molar-refractivity contribution is 6.39. The van der Waals surface area contributed by atoms with E-state index in [1.165, 1.54) is 12.1 Å². The minimum Gasteiger partial charge on any atom is -0.387 e. The van der Waals surface area contributed by atoms with Crippen LogP contribution in [0.2, 0.25) is 0 Å². The third-order valence-electron chi connectivity index (χ3n) is 4.66. The quantitative estimate of drug-likeness (QED) is 0.887. The fraction of sp³-hybridized carbons (Fsp3) is 0.556. The SMILES string of the molecule is CCCNC(=O)C1=NOC2(CCCN(Cc3ccc(F)cc3F)C2)C1. The molecule has 1 saturated heterocycles. The van der Waals surface area contributed by atoms with E-state index in [1.54, 1.807) is 0 Å². The van der Waals surface area contributed by atoms with Crippen LogP contribution >= 0.6 is 0 Å². The first kappa shape index (κ1) is 17.8. The first-order valence-electron chi connectivity index (χ1n) is 8.71. The molecule has 0 radical (unpaired) electrons. The van der Waals surface area contributed by atoms with Gasteiger partial charge in [0.05, 0.1) is 0 Å². The van der Waals surface area contributed by atoms with Gasteiger partial charge in [0.2, 0.25) is 0 Å². The number of carbonyl (C=O) groups excluding carboxylic acids is 1. The molecule has 1 N–H and O–H groups in total. The number of nitrogens with zero attached hydrogens (tertiary/aromatic N) is 2. The zero-order valence-corrected chi connectivity index (χ0v) is 14.4. The van der Waals surface area contributed by atoms with Gasteiger partial charge in [0.25, 0.3) is 5.91 Å². The van der Waals surface area contributed by atoms with Crippen LogP contribution in [0.5, 0.6) is 0 Å². The minimum absolute atomic E-state index is 0.180. The lowest BCUT2D eigenvalue weighted by Gasteiger charge is -2.38. The maximum atomic E-state index is 13.9. The number of halogens is 2. The standard InChI is InChI=1S/C18H23F2N3O2/c1-2-7-21-17(24)16-10-18(25-22-16)6-3-8-23(12-18)11-13-4-5-14(19)9-15(13)20/h4-5,9H,2-3,6-8,10-12H2,1H3,(H,21,24). The fourth-order valence-electron chi connectivity index (χ4n) is 3.42. The molecule has 0 aliphatic carbocycles. The smallest absolute Gasteiger partial charge is 0.269 e. The number of nitrogens with one attached hydrogen (secondary N) is 1. The number of hydrogen-bond donors (Lipinski definition) is 1. The molecule has 1 fully saturated rings. The van der Waals surface area contributed by atoms with Crippen LogP contribution in [-0.2, 0) is 16.2 Å². The number of amides is 1. The molecule has 2 aliphatic rings. The topological polar surface area (TPSA) is 53.9 Å². The number of oxime groups is 1. The summed E-state index contributed by atoms with van der Waals surface area (Å²) in [6, 6.07) is 3.64. The van der Waals surface area contributed by atoms with Gasteiger partial charge >= 0.3 is 0 Å². The van der Waals surface area contributed by atoms with Crippen molar-refractivity contribution in [3.8, 4) is 0 Å². The lowest BCUT2D eigenvalue weighted by atomic mass is 9.88. The van der Waals surface area contributed by atoms with Crippen molar-refractivity contribution in [2.45, 2.75) is 44.8 Å². The van der Waals surface area contributed by atoms with Gasteiger partial charge in [0, 0.05) is 37.7 Å². The molecule has 1 aromatic carbocycles. The normalized spacial score (nSPS) is 23.4. The summed E-state index contributed by atoms with van der Waals surface area (Å²) in [6.45, 7) is 4.36. The highest BCUT2D eigenvalue weighted by atomic mass is 19.1. The van der Waals surface area contributed by atoms with Crippen molar-refractivity contribution < 1.29 is 18.4 Å². The largest absolute Gasteiger partial charge is 0.387 e. The molecule has 2 aliphatic heterocycles. The van der Waals surface area contributed by atoms with E-state index in [1.807, 2.05) is 6.92 Å². The number of rotatable bonds is 5. The average molecular weight is 351 g/mol. The summed E-state index contributed by atoms with van der Waals surface area (Å²) >= 11 is 0. The molecule has 2 heterocycles. The van der Waals surface area contributed by atoms with Crippen molar-refractivity contribution in [2.75, 3.05) is 19.6 Å². The molecule has 0 aromatic heterocycles. The molecule has 1 amide bonds. The van der Waals surface area contributed by atoms with Gasteiger partial charge in [0.1, 0.15) is 17.3 Å². The number of hydrogen-bond acceptors (Lipinski definition) is 4. The van der Waals surface area contributed by atoms with Crippen molar-refractivity contribution in [2.24, 2.45) is 5.16 Å². The van der Waals surface area contributed by atoms with Gasteiger partial charge < -0.3 is 10.2 Å². The van der Waals surface area contributed by atoms with E-state index in [2.05, 4.69) is 15.4 Å². The van der Waals surface area contributed by atoms with Crippen LogP contribution in [0.25, 0.3) is 0 Å². The second-order valence-corrected chi connectivity index (χ2v) is 6.79. The first-order chi connectivity index (χ1) is 12.0. The number of benzene rings is 1. The molecule has 7 heteroatoms. The zero-order chi connectivity index (χ0) is 17.9. The van der Waals surface area contributed by atoms with E-state index in [0.29, 0.717) is 37.3 Å². The Morgan fingerprint density at radius 3 is 3.04 bits per heavy atom. The predicted molar refractivity (Wildman–Crippen MR) is 90.0 cm³/mol. The van der Waals surface area contributed by atoms with Crippen LogP contribution in [0.15, 0.2) is 23.4 Å². The number of likely N-dealkylation sites (tertiary alicyclic amines) is 1. The predicted octanol–water partition coefficient (Wildman–Crippen LogP) is 2.60. The zero-order valence-electron chi connectivity index (χ0n) is 14.4. The molecule has 25 heavy (non-hydrogen) atoms. The first-order valence-corrected chi connectivity index (χ1v) is 8.71. The number of piperidine rings is 1. The summed E-state index contributed by atoms with van der Waals surface area (Å²) in [5.74, 6) is -1.30. The number of carbonyl (C=O) groups is 1. The Kier molecular flexibility index (Phi) is 5.32. The van der Waals surface area contributed by atoms with E-state index in [9.17, 15) is 13.6 Å². The Balaban J connectivity index is 1.61. The third-order valence-corrected chi connectivity index (χ3v) is 4.66. The molecule has 0 saturated carbocycles.